The van der Waals surface area contributed by atoms with Crippen molar-refractivity contribution in [2.45, 2.75) is 45.1 Å². The van der Waals surface area contributed by atoms with Crippen molar-refractivity contribution in [2.24, 2.45) is 11.5 Å². The van der Waals surface area contributed by atoms with Crippen LogP contribution in [0.2, 0.25) is 0 Å². The molecule has 1 fully saturated rings. The van der Waals surface area contributed by atoms with Crippen molar-refractivity contribution >= 4 is 12.2 Å². The van der Waals surface area contributed by atoms with Gasteiger partial charge in [0.15, 0.2) is 0 Å². The number of ketones is 1. The van der Waals surface area contributed by atoms with Crippen molar-refractivity contribution in [3.63, 3.8) is 0 Å². The van der Waals surface area contributed by atoms with E-state index in [1.165, 1.54) is 25.7 Å². The van der Waals surface area contributed by atoms with Crippen molar-refractivity contribution in [3.05, 3.63) is 35.9 Å². The summed E-state index contributed by atoms with van der Waals surface area (Å²) in [4.78, 5) is 19.2. The van der Waals surface area contributed by atoms with E-state index in [0.717, 1.165) is 5.56 Å². The summed E-state index contributed by atoms with van der Waals surface area (Å²) >= 11 is 0. The van der Waals surface area contributed by atoms with Crippen molar-refractivity contribution in [3.8, 4) is 0 Å². The third kappa shape index (κ3) is 11.2. The molecule has 0 saturated heterocycles. The van der Waals surface area contributed by atoms with Gasteiger partial charge in [0.1, 0.15) is 5.78 Å². The Morgan fingerprint density at radius 1 is 1.26 bits per heavy atom. The molecule has 1 aliphatic rings. The number of amides is 1. The fraction of sp³-hybridized carbons (Fsp3) is 0.467. The zero-order valence-electron chi connectivity index (χ0n) is 11.5. The topological polar surface area (TPSA) is 86.2 Å². The Hall–Kier alpha value is -1.68. The van der Waals surface area contributed by atoms with Gasteiger partial charge in [-0.3, -0.25) is 9.59 Å². The number of hydrogen-bond donors (Lipinski definition) is 2. The molecule has 1 saturated carbocycles. The fourth-order valence-corrected chi connectivity index (χ4v) is 1.84. The Labute approximate surface area is 115 Å². The van der Waals surface area contributed by atoms with Gasteiger partial charge in [-0.1, -0.05) is 43.2 Å². The maximum Gasteiger partial charge on any atom is 0.204 e. The molecule has 106 valence electrons. The van der Waals surface area contributed by atoms with E-state index in [-0.39, 0.29) is 12.2 Å². The molecular weight excluding hydrogens is 240 g/mol. The molecule has 0 radical (unpaired) electrons. The Kier molecular flexibility index (Phi) is 10.4. The maximum atomic E-state index is 10.6. The average molecular weight is 264 g/mol. The molecule has 19 heavy (non-hydrogen) atoms. The molecule has 2 rings (SSSR count). The highest BCUT2D eigenvalue weighted by Gasteiger charge is 2.07. The lowest BCUT2D eigenvalue weighted by Gasteiger charge is -1.93. The molecule has 1 amide bonds. The van der Waals surface area contributed by atoms with E-state index < -0.39 is 0 Å². The van der Waals surface area contributed by atoms with Gasteiger partial charge >= 0.3 is 0 Å². The molecule has 0 bridgehead atoms. The summed E-state index contributed by atoms with van der Waals surface area (Å²) in [5.41, 5.74) is 10.8. The van der Waals surface area contributed by atoms with Gasteiger partial charge in [0.2, 0.25) is 6.41 Å². The molecule has 4 N–H and O–H groups in total. The maximum absolute atomic E-state index is 10.6. The summed E-state index contributed by atoms with van der Waals surface area (Å²) in [7, 11) is 0. The van der Waals surface area contributed by atoms with E-state index in [1.54, 1.807) is 6.92 Å². The van der Waals surface area contributed by atoms with E-state index in [2.05, 4.69) is 5.73 Å². The van der Waals surface area contributed by atoms with Gasteiger partial charge in [0.05, 0.1) is 0 Å². The van der Waals surface area contributed by atoms with Crippen molar-refractivity contribution in [1.82, 2.24) is 0 Å². The number of primary amides is 1. The second kappa shape index (κ2) is 11.4. The van der Waals surface area contributed by atoms with Crippen LogP contribution >= 0.6 is 0 Å². The number of carbonyl (C=O) groups excluding carboxylic acids is 2. The van der Waals surface area contributed by atoms with Gasteiger partial charge in [-0.2, -0.15) is 0 Å². The minimum absolute atomic E-state index is 0.214. The quantitative estimate of drug-likeness (QED) is 0.799. The normalized spacial score (nSPS) is 13.6. The number of carbonyl (C=O) groups is 2. The first kappa shape index (κ1) is 17.3. The van der Waals surface area contributed by atoms with Crippen LogP contribution in [-0.2, 0) is 16.0 Å². The number of hydrogen-bond acceptors (Lipinski definition) is 3. The van der Waals surface area contributed by atoms with E-state index >= 15 is 0 Å². The minimum Gasteiger partial charge on any atom is -0.372 e. The predicted octanol–water partition coefficient (Wildman–Crippen LogP) is 1.81. The predicted molar refractivity (Wildman–Crippen MR) is 77.5 cm³/mol. The SMILES string of the molecule is CC(=O)Cc1ccccc1.NC1CCCC1.NC=O. The van der Waals surface area contributed by atoms with Crippen molar-refractivity contribution in [1.29, 1.82) is 0 Å². The summed E-state index contributed by atoms with van der Waals surface area (Å²) in [5, 5.41) is 0. The summed E-state index contributed by atoms with van der Waals surface area (Å²) in [5.74, 6) is 0.214. The molecule has 4 heteroatoms. The first-order chi connectivity index (χ1) is 9.10. The lowest BCUT2D eigenvalue weighted by molar-refractivity contribution is -0.116. The third-order valence-electron chi connectivity index (χ3n) is 2.70. The van der Waals surface area contributed by atoms with Crippen LogP contribution in [0.25, 0.3) is 0 Å². The van der Waals surface area contributed by atoms with Crippen LogP contribution in [-0.4, -0.2) is 18.2 Å². The molecule has 1 aromatic carbocycles. The van der Waals surface area contributed by atoms with Gasteiger partial charge in [-0.25, -0.2) is 0 Å². The third-order valence-corrected chi connectivity index (χ3v) is 2.70. The summed E-state index contributed by atoms with van der Waals surface area (Å²) in [6, 6.07) is 10.3. The summed E-state index contributed by atoms with van der Waals surface area (Å²) in [6.07, 6.45) is 6.06. The number of Topliss-reactive ketones (excluding diaryl/α,β-unsaturated/α-hetero) is 1. The monoisotopic (exact) mass is 264 g/mol. The number of benzene rings is 1. The first-order valence-electron chi connectivity index (χ1n) is 6.54. The second-order valence-corrected chi connectivity index (χ2v) is 4.55. The van der Waals surface area contributed by atoms with Crippen LogP contribution in [0.5, 0.6) is 0 Å². The number of nitrogens with two attached hydrogens (primary N) is 2. The van der Waals surface area contributed by atoms with Crippen LogP contribution in [0.1, 0.15) is 38.2 Å². The fourth-order valence-electron chi connectivity index (χ4n) is 1.84. The molecular formula is C15H24N2O2. The lowest BCUT2D eigenvalue weighted by Crippen LogP contribution is -2.13. The highest BCUT2D eigenvalue weighted by molar-refractivity contribution is 5.78. The van der Waals surface area contributed by atoms with E-state index in [0.29, 0.717) is 12.5 Å². The zero-order valence-corrected chi connectivity index (χ0v) is 11.5. The lowest BCUT2D eigenvalue weighted by atomic mass is 10.1. The molecule has 0 atom stereocenters. The molecule has 0 unspecified atom stereocenters. The molecule has 1 aliphatic carbocycles. The Balaban J connectivity index is 0.000000306. The van der Waals surface area contributed by atoms with Gasteiger partial charge in [0, 0.05) is 12.5 Å². The second-order valence-electron chi connectivity index (χ2n) is 4.55. The Morgan fingerprint density at radius 2 is 1.74 bits per heavy atom. The van der Waals surface area contributed by atoms with Crippen molar-refractivity contribution < 1.29 is 9.59 Å². The highest BCUT2D eigenvalue weighted by Crippen LogP contribution is 2.14. The minimum atomic E-state index is 0.214. The molecule has 0 aromatic heterocycles. The molecule has 0 spiro atoms. The van der Waals surface area contributed by atoms with E-state index in [4.69, 9.17) is 10.5 Å². The van der Waals surface area contributed by atoms with Gasteiger partial charge < -0.3 is 11.5 Å². The summed E-state index contributed by atoms with van der Waals surface area (Å²) < 4.78 is 0. The largest absolute Gasteiger partial charge is 0.372 e. The molecule has 4 nitrogen and oxygen atoms in total. The highest BCUT2D eigenvalue weighted by atomic mass is 16.1. The molecule has 0 aliphatic heterocycles. The Bertz CT molecular complexity index is 346. The van der Waals surface area contributed by atoms with E-state index in [9.17, 15) is 4.79 Å². The number of rotatable bonds is 2. The van der Waals surface area contributed by atoms with Crippen LogP contribution in [0.4, 0.5) is 0 Å². The molecule has 0 heterocycles. The van der Waals surface area contributed by atoms with Gasteiger partial charge in [-0.05, 0) is 25.3 Å². The van der Waals surface area contributed by atoms with Crippen molar-refractivity contribution in [2.75, 3.05) is 0 Å². The van der Waals surface area contributed by atoms with Gasteiger partial charge in [0.25, 0.3) is 0 Å². The standard InChI is InChI=1S/C9H10O.C5H11N.CH3NO/c1-8(10)7-9-5-3-2-4-6-9;6-5-3-1-2-4-5;2-1-3/h2-6H,7H2,1H3;5H,1-4,6H2;1H,(H2,2,3). The average Bonchev–Trinajstić information content (AvgIpc) is 2.82. The zero-order chi connectivity index (χ0) is 14.5. The van der Waals surface area contributed by atoms with Gasteiger partial charge in [-0.15, -0.1) is 0 Å². The Morgan fingerprint density at radius 3 is 2.05 bits per heavy atom. The van der Waals surface area contributed by atoms with Crippen LogP contribution in [0.15, 0.2) is 30.3 Å². The summed E-state index contributed by atoms with van der Waals surface area (Å²) in [6.45, 7) is 1.60. The van der Waals surface area contributed by atoms with Crippen LogP contribution < -0.4 is 11.5 Å². The molecule has 1 aromatic rings. The van der Waals surface area contributed by atoms with E-state index in [1.807, 2.05) is 30.3 Å². The smallest absolute Gasteiger partial charge is 0.204 e. The van der Waals surface area contributed by atoms with Crippen LogP contribution in [0, 0.1) is 0 Å². The van der Waals surface area contributed by atoms with Crippen LogP contribution in [0.3, 0.4) is 0 Å². The first-order valence-corrected chi connectivity index (χ1v) is 6.54.